The Morgan fingerprint density at radius 2 is 2.33 bits per heavy atom. The molecule has 0 radical (unpaired) electrons. The lowest BCUT2D eigenvalue weighted by Crippen LogP contribution is -2.01. The van der Waals surface area contributed by atoms with Gasteiger partial charge in [0.25, 0.3) is 0 Å². The van der Waals surface area contributed by atoms with Crippen molar-refractivity contribution in [1.29, 1.82) is 0 Å². The summed E-state index contributed by atoms with van der Waals surface area (Å²) in [7, 11) is 0. The fourth-order valence-electron chi connectivity index (χ4n) is 0.826. The summed E-state index contributed by atoms with van der Waals surface area (Å²) in [6, 6.07) is 0. The van der Waals surface area contributed by atoms with Gasteiger partial charge in [-0.25, -0.2) is 0 Å². The maximum absolute atomic E-state index is 10.4. The van der Waals surface area contributed by atoms with Crippen LogP contribution in [0, 0.1) is 5.92 Å². The Morgan fingerprint density at radius 3 is 2.75 bits per heavy atom. The molecule has 0 aromatic heterocycles. The van der Waals surface area contributed by atoms with Crippen molar-refractivity contribution < 1.29 is 4.79 Å². The minimum atomic E-state index is 0.496. The van der Waals surface area contributed by atoms with E-state index in [2.05, 4.69) is 4.99 Å². The van der Waals surface area contributed by atoms with Crippen LogP contribution in [0.15, 0.2) is 16.3 Å². The van der Waals surface area contributed by atoms with Gasteiger partial charge in [-0.15, -0.1) is 0 Å². The van der Waals surface area contributed by atoms with Gasteiger partial charge in [-0.3, -0.25) is 9.79 Å². The first-order valence-electron chi connectivity index (χ1n) is 4.15. The van der Waals surface area contributed by atoms with Gasteiger partial charge in [-0.05, 0) is 25.7 Å². The van der Waals surface area contributed by atoms with Crippen LogP contribution in [0.3, 0.4) is 0 Å². The quantitative estimate of drug-likeness (QED) is 0.383. The highest BCUT2D eigenvalue weighted by Gasteiger charge is 2.19. The van der Waals surface area contributed by atoms with Crippen LogP contribution in [0.4, 0.5) is 0 Å². The molecular formula is C9H14N2O. The molecule has 0 saturated heterocycles. The molecule has 3 nitrogen and oxygen atoms in total. The average Bonchev–Trinajstić information content (AvgIpc) is 2.80. The van der Waals surface area contributed by atoms with Gasteiger partial charge in [0.15, 0.2) is 6.29 Å². The Hall–Kier alpha value is -1.12. The SMILES string of the molecule is CC(N)=C(C=O)C=NCC1CC1. The monoisotopic (exact) mass is 166 g/mol. The van der Waals surface area contributed by atoms with Crippen LogP contribution in [0.5, 0.6) is 0 Å². The predicted molar refractivity (Wildman–Crippen MR) is 49.0 cm³/mol. The van der Waals surface area contributed by atoms with Crippen LogP contribution in [-0.4, -0.2) is 19.0 Å². The number of aldehydes is 1. The van der Waals surface area contributed by atoms with Gasteiger partial charge in [0.1, 0.15) is 0 Å². The lowest BCUT2D eigenvalue weighted by molar-refractivity contribution is -0.104. The topological polar surface area (TPSA) is 55.5 Å². The number of rotatable bonds is 4. The molecule has 1 aliphatic carbocycles. The summed E-state index contributed by atoms with van der Waals surface area (Å²) in [5.41, 5.74) is 6.46. The summed E-state index contributed by atoms with van der Waals surface area (Å²) in [6.07, 6.45) is 4.87. The van der Waals surface area contributed by atoms with E-state index in [-0.39, 0.29) is 0 Å². The normalized spacial score (nSPS) is 19.4. The van der Waals surface area contributed by atoms with Gasteiger partial charge in [0.2, 0.25) is 0 Å². The highest BCUT2D eigenvalue weighted by molar-refractivity contribution is 6.02. The van der Waals surface area contributed by atoms with Crippen molar-refractivity contribution in [1.82, 2.24) is 0 Å². The molecule has 1 aliphatic rings. The van der Waals surface area contributed by atoms with Gasteiger partial charge in [-0.1, -0.05) is 0 Å². The van der Waals surface area contributed by atoms with E-state index in [9.17, 15) is 4.79 Å². The molecule has 0 bridgehead atoms. The number of aliphatic imine (C=N–C) groups is 1. The smallest absolute Gasteiger partial charge is 0.153 e. The van der Waals surface area contributed by atoms with Crippen molar-refractivity contribution in [3.63, 3.8) is 0 Å². The van der Waals surface area contributed by atoms with Gasteiger partial charge in [0, 0.05) is 18.5 Å². The van der Waals surface area contributed by atoms with Crippen molar-refractivity contribution >= 4 is 12.5 Å². The first-order chi connectivity index (χ1) is 5.74. The second-order valence-electron chi connectivity index (χ2n) is 3.19. The Kier molecular flexibility index (Phi) is 3.02. The summed E-state index contributed by atoms with van der Waals surface area (Å²) in [5.74, 6) is 0.757. The Morgan fingerprint density at radius 1 is 1.67 bits per heavy atom. The van der Waals surface area contributed by atoms with Gasteiger partial charge in [0.05, 0.1) is 5.57 Å². The van der Waals surface area contributed by atoms with E-state index in [4.69, 9.17) is 5.73 Å². The molecule has 0 amide bonds. The minimum Gasteiger partial charge on any atom is -0.402 e. The zero-order chi connectivity index (χ0) is 8.97. The lowest BCUT2D eigenvalue weighted by atomic mass is 10.2. The number of hydrogen-bond donors (Lipinski definition) is 1. The van der Waals surface area contributed by atoms with E-state index < -0.39 is 0 Å². The molecule has 0 atom stereocenters. The molecule has 0 unspecified atom stereocenters. The van der Waals surface area contributed by atoms with Crippen molar-refractivity contribution in [2.75, 3.05) is 6.54 Å². The van der Waals surface area contributed by atoms with E-state index in [1.54, 1.807) is 13.1 Å². The number of nitrogens with zero attached hydrogens (tertiary/aromatic N) is 1. The first-order valence-corrected chi connectivity index (χ1v) is 4.15. The molecule has 0 aliphatic heterocycles. The Labute approximate surface area is 72.4 Å². The zero-order valence-electron chi connectivity index (χ0n) is 7.29. The fraction of sp³-hybridized carbons (Fsp3) is 0.556. The molecule has 66 valence electrons. The third kappa shape index (κ3) is 2.86. The lowest BCUT2D eigenvalue weighted by Gasteiger charge is -1.93. The van der Waals surface area contributed by atoms with Crippen LogP contribution >= 0.6 is 0 Å². The number of nitrogens with two attached hydrogens (primary N) is 1. The largest absolute Gasteiger partial charge is 0.402 e. The fourth-order valence-corrected chi connectivity index (χ4v) is 0.826. The standard InChI is InChI=1S/C9H14N2O/c1-7(10)9(6-12)5-11-4-8-2-3-8/h5-6,8H,2-4,10H2,1H3. The summed E-state index contributed by atoms with van der Waals surface area (Å²) >= 11 is 0. The Balaban J connectivity index is 2.40. The van der Waals surface area contributed by atoms with Crippen molar-refractivity contribution in [2.45, 2.75) is 19.8 Å². The van der Waals surface area contributed by atoms with Crippen LogP contribution in [0.1, 0.15) is 19.8 Å². The summed E-state index contributed by atoms with van der Waals surface area (Å²) in [6.45, 7) is 2.54. The molecule has 1 fully saturated rings. The molecule has 3 heteroatoms. The van der Waals surface area contributed by atoms with Gasteiger partial charge >= 0.3 is 0 Å². The molecule has 0 aromatic rings. The average molecular weight is 166 g/mol. The minimum absolute atomic E-state index is 0.496. The number of carbonyl (C=O) groups excluding carboxylic acids is 1. The van der Waals surface area contributed by atoms with E-state index in [1.807, 2.05) is 0 Å². The molecule has 1 rings (SSSR count). The molecule has 12 heavy (non-hydrogen) atoms. The Bertz CT molecular complexity index is 223. The molecule has 0 spiro atoms. The van der Waals surface area contributed by atoms with E-state index in [1.165, 1.54) is 12.8 Å². The third-order valence-electron chi connectivity index (χ3n) is 1.87. The number of hydrogen-bond acceptors (Lipinski definition) is 3. The molecule has 0 aromatic carbocycles. The zero-order valence-corrected chi connectivity index (χ0v) is 7.29. The maximum atomic E-state index is 10.4. The maximum Gasteiger partial charge on any atom is 0.153 e. The second kappa shape index (κ2) is 4.04. The summed E-state index contributed by atoms with van der Waals surface area (Å²) < 4.78 is 0. The van der Waals surface area contributed by atoms with Gasteiger partial charge in [-0.2, -0.15) is 0 Å². The number of allylic oxidation sites excluding steroid dienone is 2. The molecule has 0 heterocycles. The van der Waals surface area contributed by atoms with E-state index >= 15 is 0 Å². The summed E-state index contributed by atoms with van der Waals surface area (Å²) in [5, 5.41) is 0. The van der Waals surface area contributed by atoms with Crippen molar-refractivity contribution in [2.24, 2.45) is 16.6 Å². The molecular weight excluding hydrogens is 152 g/mol. The first kappa shape index (κ1) is 8.97. The van der Waals surface area contributed by atoms with Crippen LogP contribution < -0.4 is 5.73 Å². The highest BCUT2D eigenvalue weighted by atomic mass is 16.1. The van der Waals surface area contributed by atoms with E-state index in [0.717, 1.165) is 18.7 Å². The molecule has 1 saturated carbocycles. The van der Waals surface area contributed by atoms with Crippen molar-refractivity contribution in [3.05, 3.63) is 11.3 Å². The second-order valence-corrected chi connectivity index (χ2v) is 3.19. The number of carbonyl (C=O) groups is 1. The third-order valence-corrected chi connectivity index (χ3v) is 1.87. The van der Waals surface area contributed by atoms with Crippen LogP contribution in [-0.2, 0) is 4.79 Å². The molecule has 2 N–H and O–H groups in total. The predicted octanol–water partition coefficient (Wildman–Crippen LogP) is 0.899. The van der Waals surface area contributed by atoms with Crippen LogP contribution in [0.2, 0.25) is 0 Å². The van der Waals surface area contributed by atoms with Crippen LogP contribution in [0.25, 0.3) is 0 Å². The highest BCUT2D eigenvalue weighted by Crippen LogP contribution is 2.28. The van der Waals surface area contributed by atoms with E-state index in [0.29, 0.717) is 11.3 Å². The van der Waals surface area contributed by atoms with Gasteiger partial charge < -0.3 is 5.73 Å². The van der Waals surface area contributed by atoms with Crippen molar-refractivity contribution in [3.8, 4) is 0 Å². The summed E-state index contributed by atoms with van der Waals surface area (Å²) in [4.78, 5) is 14.5.